The number of halogens is 3. The van der Waals surface area contributed by atoms with E-state index in [2.05, 4.69) is 0 Å². The molecule has 23 heavy (non-hydrogen) atoms. The van der Waals surface area contributed by atoms with Crippen LogP contribution in [0.15, 0.2) is 24.3 Å². The van der Waals surface area contributed by atoms with Crippen LogP contribution in [0.2, 0.25) is 5.02 Å². The van der Waals surface area contributed by atoms with Crippen LogP contribution in [-0.2, 0) is 11.2 Å². The molecule has 0 aromatic heterocycles. The summed E-state index contributed by atoms with van der Waals surface area (Å²) < 4.78 is 27.0. The number of carbonyl (C=O) groups excluding carboxylic acids is 1. The van der Waals surface area contributed by atoms with E-state index in [-0.39, 0.29) is 37.9 Å². The van der Waals surface area contributed by atoms with E-state index in [1.807, 2.05) is 6.07 Å². The van der Waals surface area contributed by atoms with Gasteiger partial charge in [-0.2, -0.15) is 0 Å². The second-order valence-corrected chi connectivity index (χ2v) is 6.70. The fourth-order valence-electron chi connectivity index (χ4n) is 3.30. The molecule has 0 spiro atoms. The Morgan fingerprint density at radius 2 is 2.04 bits per heavy atom. The number of likely N-dealkylation sites (tertiary alicyclic amines) is 2. The topological polar surface area (TPSA) is 43.8 Å². The summed E-state index contributed by atoms with van der Waals surface area (Å²) in [5.41, 5.74) is 0.767. The lowest BCUT2D eigenvalue weighted by Crippen LogP contribution is -2.62. The predicted octanol–water partition coefficient (Wildman–Crippen LogP) is 1.80. The number of benzene rings is 1. The highest BCUT2D eigenvalue weighted by atomic mass is 35.5. The Morgan fingerprint density at radius 1 is 1.35 bits per heavy atom. The van der Waals surface area contributed by atoms with Gasteiger partial charge in [-0.25, -0.2) is 8.78 Å². The molecule has 0 aliphatic carbocycles. The molecular formula is C16H19ClF2N2O2. The van der Waals surface area contributed by atoms with Crippen molar-refractivity contribution in [1.29, 1.82) is 0 Å². The van der Waals surface area contributed by atoms with Crippen molar-refractivity contribution in [3.05, 3.63) is 34.9 Å². The third kappa shape index (κ3) is 3.49. The molecule has 2 fully saturated rings. The molecule has 0 unspecified atom stereocenters. The van der Waals surface area contributed by atoms with Crippen LogP contribution in [0.1, 0.15) is 12.0 Å². The van der Waals surface area contributed by atoms with E-state index in [1.54, 1.807) is 28.0 Å². The molecule has 1 amide bonds. The van der Waals surface area contributed by atoms with Gasteiger partial charge in [0.15, 0.2) is 0 Å². The molecule has 2 heterocycles. The van der Waals surface area contributed by atoms with Gasteiger partial charge in [0, 0.05) is 36.6 Å². The molecule has 2 aliphatic rings. The van der Waals surface area contributed by atoms with E-state index in [0.29, 0.717) is 18.1 Å². The molecule has 3 rings (SSSR count). The van der Waals surface area contributed by atoms with Crippen molar-refractivity contribution in [2.45, 2.75) is 30.8 Å². The van der Waals surface area contributed by atoms with E-state index >= 15 is 0 Å². The summed E-state index contributed by atoms with van der Waals surface area (Å²) >= 11 is 6.05. The Bertz CT molecular complexity index is 593. The standard InChI is InChI=1S/C16H19ClF2N2O2/c17-14-4-2-1-3-11(14)5-15(23)20-7-13(8-20)21-10-16(18,19)6-12(21)9-22/h1-4,12-13,22H,5-10H2/t12-/m0/s1. The molecule has 1 aromatic carbocycles. The van der Waals surface area contributed by atoms with Gasteiger partial charge in [0.2, 0.25) is 5.91 Å². The van der Waals surface area contributed by atoms with E-state index in [9.17, 15) is 18.7 Å². The quantitative estimate of drug-likeness (QED) is 0.905. The highest BCUT2D eigenvalue weighted by Crippen LogP contribution is 2.35. The lowest BCUT2D eigenvalue weighted by Gasteiger charge is -2.45. The summed E-state index contributed by atoms with van der Waals surface area (Å²) in [6.45, 7) is 0.237. The third-order valence-corrected chi connectivity index (χ3v) is 4.98. The first-order valence-electron chi connectivity index (χ1n) is 7.65. The zero-order valence-electron chi connectivity index (χ0n) is 12.6. The molecule has 126 valence electrons. The third-order valence-electron chi connectivity index (χ3n) is 4.61. The van der Waals surface area contributed by atoms with Crippen LogP contribution < -0.4 is 0 Å². The molecule has 4 nitrogen and oxygen atoms in total. The fraction of sp³-hybridized carbons (Fsp3) is 0.562. The number of hydrogen-bond acceptors (Lipinski definition) is 3. The van der Waals surface area contributed by atoms with Gasteiger partial charge in [-0.15, -0.1) is 0 Å². The number of alkyl halides is 2. The van der Waals surface area contributed by atoms with Crippen molar-refractivity contribution in [3.63, 3.8) is 0 Å². The van der Waals surface area contributed by atoms with Gasteiger partial charge >= 0.3 is 0 Å². The lowest BCUT2D eigenvalue weighted by atomic mass is 10.0. The highest BCUT2D eigenvalue weighted by molar-refractivity contribution is 6.31. The van der Waals surface area contributed by atoms with Crippen molar-refractivity contribution in [2.75, 3.05) is 26.2 Å². The normalized spacial score (nSPS) is 24.7. The Balaban J connectivity index is 1.55. The van der Waals surface area contributed by atoms with Crippen molar-refractivity contribution in [2.24, 2.45) is 0 Å². The summed E-state index contributed by atoms with van der Waals surface area (Å²) in [6, 6.07) is 6.55. The van der Waals surface area contributed by atoms with E-state index < -0.39 is 12.0 Å². The summed E-state index contributed by atoms with van der Waals surface area (Å²) in [5.74, 6) is -2.81. The van der Waals surface area contributed by atoms with Crippen molar-refractivity contribution < 1.29 is 18.7 Å². The maximum Gasteiger partial charge on any atom is 0.262 e. The van der Waals surface area contributed by atoms with Crippen LogP contribution in [0.4, 0.5) is 8.78 Å². The van der Waals surface area contributed by atoms with Gasteiger partial charge in [0.1, 0.15) is 0 Å². The van der Waals surface area contributed by atoms with Gasteiger partial charge < -0.3 is 10.0 Å². The molecule has 1 atom stereocenters. The Morgan fingerprint density at radius 3 is 2.70 bits per heavy atom. The molecule has 0 radical (unpaired) electrons. The fourth-order valence-corrected chi connectivity index (χ4v) is 3.51. The largest absolute Gasteiger partial charge is 0.395 e. The molecule has 7 heteroatoms. The maximum absolute atomic E-state index is 13.5. The van der Waals surface area contributed by atoms with E-state index in [1.165, 1.54) is 0 Å². The Labute approximate surface area is 138 Å². The summed E-state index contributed by atoms with van der Waals surface area (Å²) in [5, 5.41) is 9.82. The first-order chi connectivity index (χ1) is 10.9. The van der Waals surface area contributed by atoms with Crippen LogP contribution in [0.3, 0.4) is 0 Å². The van der Waals surface area contributed by atoms with Crippen LogP contribution in [0.5, 0.6) is 0 Å². The van der Waals surface area contributed by atoms with Gasteiger partial charge in [-0.1, -0.05) is 29.8 Å². The van der Waals surface area contributed by atoms with Gasteiger partial charge in [0.05, 0.1) is 19.6 Å². The van der Waals surface area contributed by atoms with Crippen LogP contribution >= 0.6 is 11.6 Å². The van der Waals surface area contributed by atoms with Crippen molar-refractivity contribution in [3.8, 4) is 0 Å². The molecule has 2 saturated heterocycles. The summed E-state index contributed by atoms with van der Waals surface area (Å²) in [7, 11) is 0. The molecular weight excluding hydrogens is 326 g/mol. The van der Waals surface area contributed by atoms with Gasteiger partial charge in [-0.05, 0) is 11.6 Å². The van der Waals surface area contributed by atoms with E-state index in [4.69, 9.17) is 11.6 Å². The number of aliphatic hydroxyl groups excluding tert-OH is 1. The monoisotopic (exact) mass is 344 g/mol. The zero-order chi connectivity index (χ0) is 16.6. The predicted molar refractivity (Wildman–Crippen MR) is 82.7 cm³/mol. The minimum Gasteiger partial charge on any atom is -0.395 e. The number of carbonyl (C=O) groups is 1. The number of aliphatic hydroxyl groups is 1. The first-order valence-corrected chi connectivity index (χ1v) is 8.03. The number of hydrogen-bond donors (Lipinski definition) is 1. The SMILES string of the molecule is O=C(Cc1ccccc1Cl)N1CC(N2CC(F)(F)C[C@H]2CO)C1. The van der Waals surface area contributed by atoms with Crippen molar-refractivity contribution in [1.82, 2.24) is 9.80 Å². The van der Waals surface area contributed by atoms with Crippen LogP contribution in [0, 0.1) is 0 Å². The van der Waals surface area contributed by atoms with E-state index in [0.717, 1.165) is 5.56 Å². The van der Waals surface area contributed by atoms with Crippen LogP contribution in [0.25, 0.3) is 0 Å². The molecule has 0 bridgehead atoms. The van der Waals surface area contributed by atoms with Crippen molar-refractivity contribution >= 4 is 17.5 Å². The Hall–Kier alpha value is -1.24. The first kappa shape index (κ1) is 16.6. The number of amides is 1. The minimum atomic E-state index is -2.75. The maximum atomic E-state index is 13.5. The molecule has 1 aromatic rings. The van der Waals surface area contributed by atoms with Crippen LogP contribution in [-0.4, -0.2) is 65.1 Å². The summed E-state index contributed by atoms with van der Waals surface area (Å²) in [4.78, 5) is 15.5. The number of nitrogens with zero attached hydrogens (tertiary/aromatic N) is 2. The average molecular weight is 345 g/mol. The Kier molecular flexibility index (Phi) is 4.58. The highest BCUT2D eigenvalue weighted by Gasteiger charge is 2.49. The molecule has 1 N–H and O–H groups in total. The lowest BCUT2D eigenvalue weighted by molar-refractivity contribution is -0.138. The minimum absolute atomic E-state index is 0.0548. The molecule has 2 aliphatic heterocycles. The number of rotatable bonds is 4. The zero-order valence-corrected chi connectivity index (χ0v) is 13.3. The second-order valence-electron chi connectivity index (χ2n) is 6.29. The molecule has 0 saturated carbocycles. The van der Waals surface area contributed by atoms with Gasteiger partial charge in [0.25, 0.3) is 5.92 Å². The smallest absolute Gasteiger partial charge is 0.262 e. The second kappa shape index (κ2) is 6.34. The summed E-state index contributed by atoms with van der Waals surface area (Å²) in [6.07, 6.45) is -0.0977. The average Bonchev–Trinajstić information content (AvgIpc) is 2.75. The van der Waals surface area contributed by atoms with Gasteiger partial charge in [-0.3, -0.25) is 9.69 Å².